The number of hydrogen-bond acceptors (Lipinski definition) is 6. The number of carbonyl (C=O) groups is 1. The number of aromatic carboxylic acids is 1. The molecule has 2 aromatic heterocycles. The lowest BCUT2D eigenvalue weighted by Crippen LogP contribution is -2.27. The fourth-order valence-electron chi connectivity index (χ4n) is 4.20. The van der Waals surface area contributed by atoms with Gasteiger partial charge in [0.1, 0.15) is 5.65 Å². The highest BCUT2D eigenvalue weighted by Crippen LogP contribution is 2.25. The number of aromatic amines is 1. The van der Waals surface area contributed by atoms with Crippen LogP contribution in [0.4, 0.5) is 5.69 Å². The topological polar surface area (TPSA) is 137 Å². The molecule has 1 saturated heterocycles. The summed E-state index contributed by atoms with van der Waals surface area (Å²) in [4.78, 5) is 28.3. The Bertz CT molecular complexity index is 1390. The summed E-state index contributed by atoms with van der Waals surface area (Å²) in [5.74, 6) is -1.25. The van der Waals surface area contributed by atoms with Gasteiger partial charge in [0, 0.05) is 30.8 Å². The quantitative estimate of drug-likeness (QED) is 0.497. The number of carboxylic acids is 1. The van der Waals surface area contributed by atoms with Crippen molar-refractivity contribution in [3.8, 4) is 0 Å². The second kappa shape index (κ2) is 8.64. The van der Waals surface area contributed by atoms with Gasteiger partial charge in [-0.05, 0) is 44.0 Å². The van der Waals surface area contributed by atoms with Crippen LogP contribution in [0.2, 0.25) is 0 Å². The average Bonchev–Trinajstić information content (AvgIpc) is 3.20. The summed E-state index contributed by atoms with van der Waals surface area (Å²) in [7, 11) is -2.33. The molecule has 176 valence electrons. The molecule has 1 atom stereocenters. The molecule has 3 N–H and O–H groups in total. The number of benzene rings is 1. The molecule has 1 aliphatic rings. The number of aryl methyl sites for hydroxylation is 1. The van der Waals surface area contributed by atoms with Crippen molar-refractivity contribution in [3.05, 3.63) is 62.7 Å². The molecule has 0 unspecified atom stereocenters. The van der Waals surface area contributed by atoms with Crippen LogP contribution in [0.15, 0.2) is 29.1 Å². The average molecular weight is 474 g/mol. The van der Waals surface area contributed by atoms with Crippen molar-refractivity contribution in [1.82, 2.24) is 19.9 Å². The van der Waals surface area contributed by atoms with E-state index in [0.717, 1.165) is 42.1 Å². The van der Waals surface area contributed by atoms with Crippen molar-refractivity contribution in [2.75, 3.05) is 24.2 Å². The van der Waals surface area contributed by atoms with Crippen LogP contribution < -0.4 is 15.2 Å². The number of rotatable bonds is 6. The number of nitrogens with zero attached hydrogens (tertiary/aromatic N) is 3. The highest BCUT2D eigenvalue weighted by atomic mass is 32.2. The fraction of sp³-hybridized carbons (Fsp3) is 0.409. The van der Waals surface area contributed by atoms with Crippen LogP contribution in [0, 0.1) is 6.92 Å². The Hall–Kier alpha value is -3.18. The molecule has 1 aliphatic heterocycles. The van der Waals surface area contributed by atoms with Gasteiger partial charge in [0.15, 0.2) is 0 Å². The molecule has 0 radical (unpaired) electrons. The summed E-state index contributed by atoms with van der Waals surface area (Å²) >= 11 is 0. The number of anilines is 1. The second-order valence-electron chi connectivity index (χ2n) is 8.47. The molecule has 0 spiro atoms. The van der Waals surface area contributed by atoms with Crippen LogP contribution >= 0.6 is 0 Å². The van der Waals surface area contributed by atoms with E-state index in [4.69, 9.17) is 0 Å². The largest absolute Gasteiger partial charge is 0.478 e. The summed E-state index contributed by atoms with van der Waals surface area (Å²) < 4.78 is 26.1. The SMILES string of the molecule is Cc1[nH]c2cc([C@@H]3CCCCN3)nn2c(=O)c1Cc1ccc(N(C)S(C)(=O)=O)c(C(=O)O)c1. The smallest absolute Gasteiger partial charge is 0.337 e. The molecule has 10 nitrogen and oxygen atoms in total. The van der Waals surface area contributed by atoms with Crippen LogP contribution in [-0.2, 0) is 16.4 Å². The number of H-pyrrole nitrogens is 1. The van der Waals surface area contributed by atoms with Crippen molar-refractivity contribution in [2.24, 2.45) is 0 Å². The van der Waals surface area contributed by atoms with Crippen LogP contribution in [-0.4, -0.2) is 53.9 Å². The lowest BCUT2D eigenvalue weighted by molar-refractivity contribution is 0.0697. The number of fused-ring (bicyclic) bond motifs is 1. The highest BCUT2D eigenvalue weighted by molar-refractivity contribution is 7.92. The van der Waals surface area contributed by atoms with Gasteiger partial charge in [0.25, 0.3) is 5.56 Å². The minimum Gasteiger partial charge on any atom is -0.478 e. The zero-order chi connectivity index (χ0) is 23.9. The van der Waals surface area contributed by atoms with Gasteiger partial charge >= 0.3 is 5.97 Å². The van der Waals surface area contributed by atoms with E-state index in [1.165, 1.54) is 23.7 Å². The third kappa shape index (κ3) is 4.51. The van der Waals surface area contributed by atoms with Gasteiger partial charge in [-0.25, -0.2) is 13.2 Å². The Morgan fingerprint density at radius 1 is 1.30 bits per heavy atom. The third-order valence-electron chi connectivity index (χ3n) is 6.12. The first-order valence-corrected chi connectivity index (χ1v) is 12.6. The number of sulfonamides is 1. The van der Waals surface area contributed by atoms with Gasteiger partial charge in [0.05, 0.1) is 29.2 Å². The number of hydrogen-bond donors (Lipinski definition) is 3. The second-order valence-corrected chi connectivity index (χ2v) is 10.5. The molecule has 3 aromatic rings. The number of piperidine rings is 1. The number of aromatic nitrogens is 3. The lowest BCUT2D eigenvalue weighted by atomic mass is 10.0. The van der Waals surface area contributed by atoms with Crippen molar-refractivity contribution < 1.29 is 18.3 Å². The summed E-state index contributed by atoms with van der Waals surface area (Å²) in [5.41, 5.74) is 2.79. The summed E-state index contributed by atoms with van der Waals surface area (Å²) in [6, 6.07) is 6.49. The van der Waals surface area contributed by atoms with E-state index in [9.17, 15) is 23.1 Å². The van der Waals surface area contributed by atoms with Gasteiger partial charge in [0.2, 0.25) is 10.0 Å². The molecule has 0 aliphatic carbocycles. The first kappa shape index (κ1) is 23.0. The molecule has 3 heterocycles. The molecular weight excluding hydrogens is 446 g/mol. The molecule has 0 amide bonds. The summed E-state index contributed by atoms with van der Waals surface area (Å²) in [6.45, 7) is 2.72. The summed E-state index contributed by atoms with van der Waals surface area (Å²) in [6.07, 6.45) is 4.39. The first-order valence-electron chi connectivity index (χ1n) is 10.7. The maximum Gasteiger partial charge on any atom is 0.337 e. The van der Waals surface area contributed by atoms with Gasteiger partial charge in [-0.3, -0.25) is 9.10 Å². The molecule has 33 heavy (non-hydrogen) atoms. The minimum atomic E-state index is -3.63. The van der Waals surface area contributed by atoms with Gasteiger partial charge in [-0.2, -0.15) is 9.61 Å². The Balaban J connectivity index is 1.72. The molecule has 1 fully saturated rings. The maximum absolute atomic E-state index is 13.2. The van der Waals surface area contributed by atoms with Crippen LogP contribution in [0.3, 0.4) is 0 Å². The molecule has 4 rings (SSSR count). The van der Waals surface area contributed by atoms with Crippen LogP contribution in [0.25, 0.3) is 5.65 Å². The van der Waals surface area contributed by atoms with Crippen LogP contribution in [0.1, 0.15) is 58.2 Å². The predicted octanol–water partition coefficient (Wildman–Crippen LogP) is 1.83. The molecular formula is C22H27N5O5S. The van der Waals surface area contributed by atoms with Crippen molar-refractivity contribution in [3.63, 3.8) is 0 Å². The highest BCUT2D eigenvalue weighted by Gasteiger charge is 2.22. The predicted molar refractivity (Wildman–Crippen MR) is 125 cm³/mol. The lowest BCUT2D eigenvalue weighted by Gasteiger charge is -2.21. The van der Waals surface area contributed by atoms with Gasteiger partial charge in [-0.1, -0.05) is 12.5 Å². The van der Waals surface area contributed by atoms with E-state index in [0.29, 0.717) is 22.5 Å². The third-order valence-corrected chi connectivity index (χ3v) is 7.31. The number of nitrogens with one attached hydrogen (secondary N) is 2. The van der Waals surface area contributed by atoms with Crippen molar-refractivity contribution in [2.45, 2.75) is 38.6 Å². The summed E-state index contributed by atoms with van der Waals surface area (Å²) in [5, 5.41) is 17.6. The van der Waals surface area contributed by atoms with E-state index < -0.39 is 16.0 Å². The number of carboxylic acid groups (broad SMARTS) is 1. The maximum atomic E-state index is 13.2. The fourth-order valence-corrected chi connectivity index (χ4v) is 4.72. The van der Waals surface area contributed by atoms with Gasteiger partial charge in [-0.15, -0.1) is 0 Å². The van der Waals surface area contributed by atoms with Crippen molar-refractivity contribution >= 4 is 27.3 Å². The van der Waals surface area contributed by atoms with E-state index in [1.54, 1.807) is 13.0 Å². The Morgan fingerprint density at radius 3 is 2.70 bits per heavy atom. The van der Waals surface area contributed by atoms with E-state index in [-0.39, 0.29) is 29.3 Å². The van der Waals surface area contributed by atoms with E-state index >= 15 is 0 Å². The van der Waals surface area contributed by atoms with E-state index in [1.807, 2.05) is 6.07 Å². The standard InChI is InChI=1S/C22H27N5O5S/c1-13-15(10-14-7-8-19(16(11-14)22(29)30)26(2)33(3,31)32)21(28)27-20(24-13)12-18(25-27)17-6-4-5-9-23-17/h7-8,11-12,17,23-24H,4-6,9-10H2,1-3H3,(H,29,30)/t17-/m0/s1. The molecule has 11 heteroatoms. The zero-order valence-corrected chi connectivity index (χ0v) is 19.6. The van der Waals surface area contributed by atoms with Gasteiger partial charge < -0.3 is 15.4 Å². The molecule has 0 bridgehead atoms. The normalized spacial score (nSPS) is 16.8. The Morgan fingerprint density at radius 2 is 2.06 bits per heavy atom. The van der Waals surface area contributed by atoms with Crippen LogP contribution in [0.5, 0.6) is 0 Å². The Kier molecular flexibility index (Phi) is 6.02. The zero-order valence-electron chi connectivity index (χ0n) is 18.8. The van der Waals surface area contributed by atoms with E-state index in [2.05, 4.69) is 15.4 Å². The first-order chi connectivity index (χ1) is 15.6. The monoisotopic (exact) mass is 473 g/mol. The molecule has 0 saturated carbocycles. The minimum absolute atomic E-state index is 0.0616. The Labute approximate surface area is 191 Å². The molecule has 1 aromatic carbocycles. The van der Waals surface area contributed by atoms with Crippen molar-refractivity contribution in [1.29, 1.82) is 0 Å².